The third-order valence-electron chi connectivity index (χ3n) is 17.5. The Morgan fingerprint density at radius 2 is 0.619 bits per heavy atom. The Hall–Kier alpha value is -2.18. The standard InChI is InChI=1S/C78H147NO5/c1-3-5-7-9-11-13-15-17-18-19-37-40-43-47-50-54-58-62-66-70-76(81)75(74-80)79-77(82)71-67-63-59-55-51-48-44-41-38-35-33-31-29-27-25-23-21-20-22-24-26-28-30-32-34-36-39-42-45-49-53-57-61-65-69-73-84-78(83)72-68-64-60-56-52-46-16-14-12-10-8-6-4-2/h8,10,14,16,22,24,66,70,75-76,80-81H,3-7,9,11-13,15,17-21,23,25-65,67-69,71-74H2,1-2H3,(H,79,82)/b10-8-,16-14-,24-22-,70-66+. The van der Waals surface area contributed by atoms with Crippen LogP contribution in [-0.2, 0) is 14.3 Å². The van der Waals surface area contributed by atoms with Gasteiger partial charge in [-0.3, -0.25) is 9.59 Å². The molecule has 0 fully saturated rings. The topological polar surface area (TPSA) is 95.9 Å². The first-order chi connectivity index (χ1) is 41.5. The number of nitrogens with one attached hydrogen (secondary N) is 1. The number of ether oxygens (including phenoxy) is 1. The van der Waals surface area contributed by atoms with Gasteiger partial charge in [-0.05, 0) is 83.5 Å². The monoisotopic (exact) mass is 1180 g/mol. The Morgan fingerprint density at radius 1 is 0.333 bits per heavy atom. The van der Waals surface area contributed by atoms with Crippen LogP contribution in [0.4, 0.5) is 0 Å². The highest BCUT2D eigenvalue weighted by Gasteiger charge is 2.18. The predicted octanol–water partition coefficient (Wildman–Crippen LogP) is 24.8. The molecule has 2 unspecified atom stereocenters. The van der Waals surface area contributed by atoms with Gasteiger partial charge in [-0.15, -0.1) is 0 Å². The summed E-state index contributed by atoms with van der Waals surface area (Å²) >= 11 is 0. The number of carbonyl (C=O) groups is 2. The van der Waals surface area contributed by atoms with E-state index in [0.717, 1.165) is 51.4 Å². The van der Waals surface area contributed by atoms with E-state index in [-0.39, 0.29) is 18.5 Å². The Kier molecular flexibility index (Phi) is 71.4. The number of hydrogen-bond donors (Lipinski definition) is 3. The molecular weight excluding hydrogens is 1030 g/mol. The second-order valence-electron chi connectivity index (χ2n) is 26.0. The molecule has 0 spiro atoms. The van der Waals surface area contributed by atoms with Crippen molar-refractivity contribution in [2.24, 2.45) is 0 Å². The SMILES string of the molecule is CCC/C=C\C/C=C\CCCCCCCC(=O)OCCCCCCCCCCCCCCCC/C=C\CCCCCCCCCCCCCCCCCCCC(=O)NC(CO)C(O)/C=C/CCCCCCCCCCCCCCCCCCC. The molecule has 0 heterocycles. The molecule has 6 nitrogen and oxygen atoms in total. The molecule has 494 valence electrons. The molecule has 0 radical (unpaired) electrons. The Morgan fingerprint density at radius 3 is 0.964 bits per heavy atom. The van der Waals surface area contributed by atoms with Gasteiger partial charge in [0.2, 0.25) is 5.91 Å². The lowest BCUT2D eigenvalue weighted by atomic mass is 10.0. The van der Waals surface area contributed by atoms with Crippen molar-refractivity contribution in [2.75, 3.05) is 13.2 Å². The number of rotatable bonds is 71. The van der Waals surface area contributed by atoms with E-state index in [0.29, 0.717) is 19.4 Å². The van der Waals surface area contributed by atoms with E-state index in [1.807, 2.05) is 6.08 Å². The van der Waals surface area contributed by atoms with Crippen LogP contribution in [0, 0.1) is 0 Å². The molecule has 6 heteroatoms. The van der Waals surface area contributed by atoms with Crippen molar-refractivity contribution in [3.05, 3.63) is 48.6 Å². The fourth-order valence-corrected chi connectivity index (χ4v) is 11.8. The first kappa shape index (κ1) is 81.8. The maximum Gasteiger partial charge on any atom is 0.305 e. The molecular formula is C78H147NO5. The third kappa shape index (κ3) is 68.9. The van der Waals surface area contributed by atoms with Gasteiger partial charge in [0.1, 0.15) is 0 Å². The van der Waals surface area contributed by atoms with Crippen LogP contribution in [0.25, 0.3) is 0 Å². The number of aliphatic hydroxyl groups is 2. The minimum Gasteiger partial charge on any atom is -0.466 e. The number of amides is 1. The zero-order valence-corrected chi connectivity index (χ0v) is 56.6. The molecule has 0 aromatic heterocycles. The molecule has 0 aliphatic carbocycles. The second kappa shape index (κ2) is 73.3. The van der Waals surface area contributed by atoms with E-state index in [1.54, 1.807) is 6.08 Å². The van der Waals surface area contributed by atoms with Gasteiger partial charge in [0.05, 0.1) is 25.4 Å². The molecule has 0 rings (SSSR count). The molecule has 1 amide bonds. The van der Waals surface area contributed by atoms with Crippen LogP contribution >= 0.6 is 0 Å². The summed E-state index contributed by atoms with van der Waals surface area (Å²) in [6.07, 6.45) is 96.5. The average Bonchev–Trinajstić information content (AvgIpc) is 3.51. The van der Waals surface area contributed by atoms with Gasteiger partial charge in [-0.1, -0.05) is 364 Å². The van der Waals surface area contributed by atoms with Crippen molar-refractivity contribution in [3.8, 4) is 0 Å². The third-order valence-corrected chi connectivity index (χ3v) is 17.5. The minimum atomic E-state index is -0.843. The number of esters is 1. The maximum atomic E-state index is 12.5. The Balaban J connectivity index is 3.37. The number of allylic oxidation sites excluding steroid dienone is 7. The molecule has 0 aromatic rings. The highest BCUT2D eigenvalue weighted by molar-refractivity contribution is 5.76. The van der Waals surface area contributed by atoms with Crippen LogP contribution in [0.5, 0.6) is 0 Å². The lowest BCUT2D eigenvalue weighted by Gasteiger charge is -2.20. The molecule has 0 aliphatic heterocycles. The molecule has 0 saturated heterocycles. The van der Waals surface area contributed by atoms with Crippen LogP contribution in [0.1, 0.15) is 412 Å². The van der Waals surface area contributed by atoms with Gasteiger partial charge in [0.15, 0.2) is 0 Å². The van der Waals surface area contributed by atoms with Crippen LogP contribution in [0.3, 0.4) is 0 Å². The fourth-order valence-electron chi connectivity index (χ4n) is 11.8. The Labute approximate surface area is 525 Å². The van der Waals surface area contributed by atoms with E-state index in [2.05, 4.69) is 55.6 Å². The van der Waals surface area contributed by atoms with Gasteiger partial charge < -0.3 is 20.3 Å². The molecule has 0 aromatic carbocycles. The van der Waals surface area contributed by atoms with Crippen molar-refractivity contribution < 1.29 is 24.5 Å². The lowest BCUT2D eigenvalue weighted by Crippen LogP contribution is -2.45. The number of carbonyl (C=O) groups excluding carboxylic acids is 2. The normalized spacial score (nSPS) is 12.8. The summed E-state index contributed by atoms with van der Waals surface area (Å²) in [5.41, 5.74) is 0. The molecule has 0 aliphatic rings. The maximum absolute atomic E-state index is 12.5. The van der Waals surface area contributed by atoms with Crippen molar-refractivity contribution in [3.63, 3.8) is 0 Å². The number of aliphatic hydroxyl groups excluding tert-OH is 2. The fraction of sp³-hybridized carbons (Fsp3) is 0.872. The van der Waals surface area contributed by atoms with Gasteiger partial charge in [0, 0.05) is 12.8 Å². The van der Waals surface area contributed by atoms with E-state index in [1.165, 1.54) is 334 Å². The number of hydrogen-bond acceptors (Lipinski definition) is 5. The quantitative estimate of drug-likeness (QED) is 0.0320. The van der Waals surface area contributed by atoms with Crippen molar-refractivity contribution >= 4 is 11.9 Å². The van der Waals surface area contributed by atoms with Crippen molar-refractivity contribution in [2.45, 2.75) is 424 Å². The summed E-state index contributed by atoms with van der Waals surface area (Å²) in [5.74, 6) is -0.0562. The zero-order valence-electron chi connectivity index (χ0n) is 56.6. The largest absolute Gasteiger partial charge is 0.466 e. The summed E-state index contributed by atoms with van der Waals surface area (Å²) in [6.45, 7) is 4.87. The molecule has 0 bridgehead atoms. The van der Waals surface area contributed by atoms with E-state index in [9.17, 15) is 19.8 Å². The summed E-state index contributed by atoms with van der Waals surface area (Å²) in [7, 11) is 0. The van der Waals surface area contributed by atoms with E-state index < -0.39 is 12.1 Å². The van der Waals surface area contributed by atoms with Crippen LogP contribution in [0.15, 0.2) is 48.6 Å². The van der Waals surface area contributed by atoms with E-state index in [4.69, 9.17) is 4.74 Å². The van der Waals surface area contributed by atoms with Crippen molar-refractivity contribution in [1.82, 2.24) is 5.32 Å². The smallest absolute Gasteiger partial charge is 0.305 e. The first-order valence-electron chi connectivity index (χ1n) is 37.9. The summed E-state index contributed by atoms with van der Waals surface area (Å²) < 4.78 is 5.48. The summed E-state index contributed by atoms with van der Waals surface area (Å²) in [5, 5.41) is 23.3. The highest BCUT2D eigenvalue weighted by Crippen LogP contribution is 2.19. The summed E-state index contributed by atoms with van der Waals surface area (Å²) in [6, 6.07) is -0.626. The van der Waals surface area contributed by atoms with Crippen LogP contribution in [-0.4, -0.2) is 47.4 Å². The number of unbranched alkanes of at least 4 members (excludes halogenated alkanes) is 54. The Bertz CT molecular complexity index is 1400. The van der Waals surface area contributed by atoms with Gasteiger partial charge in [-0.25, -0.2) is 0 Å². The highest BCUT2D eigenvalue weighted by atomic mass is 16.5. The molecule has 3 N–H and O–H groups in total. The molecule has 2 atom stereocenters. The molecule has 0 saturated carbocycles. The van der Waals surface area contributed by atoms with Gasteiger partial charge in [-0.2, -0.15) is 0 Å². The second-order valence-corrected chi connectivity index (χ2v) is 26.0. The van der Waals surface area contributed by atoms with Gasteiger partial charge >= 0.3 is 5.97 Å². The zero-order chi connectivity index (χ0) is 60.6. The van der Waals surface area contributed by atoms with Crippen LogP contribution in [0.2, 0.25) is 0 Å². The van der Waals surface area contributed by atoms with Gasteiger partial charge in [0.25, 0.3) is 0 Å². The lowest BCUT2D eigenvalue weighted by molar-refractivity contribution is -0.143. The summed E-state index contributed by atoms with van der Waals surface area (Å²) in [4.78, 5) is 24.6. The average molecular weight is 1180 g/mol. The van der Waals surface area contributed by atoms with Crippen LogP contribution < -0.4 is 5.32 Å². The first-order valence-corrected chi connectivity index (χ1v) is 37.9. The molecule has 84 heavy (non-hydrogen) atoms. The van der Waals surface area contributed by atoms with E-state index >= 15 is 0 Å². The minimum absolute atomic E-state index is 0.00474. The van der Waals surface area contributed by atoms with Crippen molar-refractivity contribution in [1.29, 1.82) is 0 Å². The predicted molar refractivity (Wildman–Crippen MR) is 370 cm³/mol.